The molecule has 0 unspecified atom stereocenters. The topological polar surface area (TPSA) is 16.4 Å². The Hall–Kier alpha value is -7.42. The lowest BCUT2D eigenvalue weighted by Crippen LogP contribution is -2.10. The molecule has 262 valence electrons. The van der Waals surface area contributed by atoms with Crippen LogP contribution in [0.25, 0.3) is 87.6 Å². The van der Waals surface area contributed by atoms with E-state index < -0.39 is 78.6 Å². The number of furan rings is 1. The normalized spacial score (nSPS) is 14.8. The minimum absolute atomic E-state index is 0.0172. The lowest BCUT2D eigenvalue weighted by molar-refractivity contribution is 0.672. The lowest BCUT2D eigenvalue weighted by Gasteiger charge is -2.26. The van der Waals surface area contributed by atoms with E-state index in [1.54, 1.807) is 36.4 Å². The van der Waals surface area contributed by atoms with E-state index in [1.165, 1.54) is 4.90 Å². The van der Waals surface area contributed by atoms with Crippen LogP contribution in [-0.2, 0) is 0 Å². The van der Waals surface area contributed by atoms with E-state index >= 15 is 0 Å². The van der Waals surface area contributed by atoms with Crippen molar-refractivity contribution in [2.75, 3.05) is 4.90 Å². The van der Waals surface area contributed by atoms with Gasteiger partial charge in [0.25, 0.3) is 0 Å². The van der Waals surface area contributed by atoms with Crippen LogP contribution < -0.4 is 4.90 Å². The Balaban J connectivity index is 1.19. The van der Waals surface area contributed by atoms with E-state index in [9.17, 15) is 8.22 Å². The Labute approximate surface area is 343 Å². The van der Waals surface area contributed by atoms with Gasteiger partial charge in [0.2, 0.25) is 0 Å². The summed E-state index contributed by atoms with van der Waals surface area (Å²) in [6.45, 7) is 0. The second kappa shape index (κ2) is 13.2. The fourth-order valence-corrected chi connectivity index (χ4v) is 7.45. The molecule has 0 aliphatic heterocycles. The van der Waals surface area contributed by atoms with Gasteiger partial charge in [-0.1, -0.05) is 151 Å². The summed E-state index contributed by atoms with van der Waals surface area (Å²) in [5, 5.41) is 3.27. The molecule has 0 aliphatic carbocycles. The van der Waals surface area contributed by atoms with Crippen LogP contribution in [0, 0.1) is 0 Å². The number of hydrogen-bond donors (Lipinski definition) is 0. The van der Waals surface area contributed by atoms with Crippen LogP contribution in [0.2, 0.25) is 0 Å². The molecular formula is C54H35NO. The number of rotatable bonds is 6. The third kappa shape index (κ3) is 5.51. The molecule has 11 rings (SSSR count). The van der Waals surface area contributed by atoms with E-state index in [-0.39, 0.29) is 55.3 Å². The zero-order valence-corrected chi connectivity index (χ0v) is 29.6. The molecular weight excluding hydrogens is 679 g/mol. The Morgan fingerprint density at radius 1 is 0.375 bits per heavy atom. The van der Waals surface area contributed by atoms with Gasteiger partial charge < -0.3 is 9.32 Å². The van der Waals surface area contributed by atoms with E-state index in [0.717, 1.165) is 43.8 Å². The molecule has 0 saturated heterocycles. The smallest absolute Gasteiger partial charge is 0.143 e. The van der Waals surface area contributed by atoms with E-state index in [0.29, 0.717) is 5.56 Å². The van der Waals surface area contributed by atoms with Gasteiger partial charge >= 0.3 is 0 Å². The first kappa shape index (κ1) is 21.5. The highest BCUT2D eigenvalue weighted by molar-refractivity contribution is 6.19. The number of benzene rings is 10. The second-order valence-electron chi connectivity index (χ2n) is 13.5. The monoisotopic (exact) mass is 726 g/mol. The summed E-state index contributed by atoms with van der Waals surface area (Å²) in [4.78, 5) is 1.30. The molecule has 0 atom stereocenters. The van der Waals surface area contributed by atoms with Crippen molar-refractivity contribution in [3.8, 4) is 33.4 Å². The fraction of sp³-hybridized carbons (Fsp3) is 0. The van der Waals surface area contributed by atoms with Gasteiger partial charge in [0.05, 0.1) is 28.9 Å². The lowest BCUT2D eigenvalue weighted by atomic mass is 9.97. The SMILES string of the molecule is [2H]c1c([2H])c(N(c2ccc(-c3ccc4ccccc4c3)cc2)c2c([2H])c([2H])c([2H])c3oc4c5c([2H])c([2H])c([2H])c([2H])c5c([2H])c([2H])c4c23)c([2H])c([2H])c1-c1cccc(-c2ccc3ccccc3c2)c1. The van der Waals surface area contributed by atoms with Crippen LogP contribution in [0.3, 0.4) is 0 Å². The van der Waals surface area contributed by atoms with Crippen LogP contribution in [0.5, 0.6) is 0 Å². The van der Waals surface area contributed by atoms with Crippen LogP contribution in [0.15, 0.2) is 216 Å². The highest BCUT2D eigenvalue weighted by Crippen LogP contribution is 2.45. The molecule has 0 spiro atoms. The molecule has 2 nitrogen and oxygen atoms in total. The standard InChI is InChI=1S/C54H35NO/c1-3-12-41-34-45(21-19-36(41)9-1)39-25-30-48(31-26-39)55(51-17-8-18-52-53(51)50-32-27-40-11-5-6-16-49(40)54(50)56-52)47-28-23-38(24-29-47)43-14-7-15-44(33-43)46-22-20-37-10-2-4-13-42(37)35-46/h1-35H/i5D,6D,8D,11D,16D,17D,18D,23D,24D,27D,28D,29D,32D. The first-order chi connectivity index (χ1) is 33.2. The third-order valence-corrected chi connectivity index (χ3v) is 10.2. The average Bonchev–Trinajstić information content (AvgIpc) is 3.77. The maximum absolute atomic E-state index is 9.74. The van der Waals surface area contributed by atoms with Gasteiger partial charge in [-0.25, -0.2) is 0 Å². The Morgan fingerprint density at radius 2 is 1.00 bits per heavy atom. The first-order valence-corrected chi connectivity index (χ1v) is 18.1. The largest absolute Gasteiger partial charge is 0.455 e. The quantitative estimate of drug-likeness (QED) is 0.170. The Bertz CT molecular complexity index is 3990. The third-order valence-electron chi connectivity index (χ3n) is 10.2. The molecule has 10 aromatic carbocycles. The van der Waals surface area contributed by atoms with E-state index in [4.69, 9.17) is 14.0 Å². The number of fused-ring (bicyclic) bond motifs is 7. The number of nitrogens with zero attached hydrogens (tertiary/aromatic N) is 1. The maximum Gasteiger partial charge on any atom is 0.143 e. The van der Waals surface area contributed by atoms with Gasteiger partial charge in [0.15, 0.2) is 0 Å². The van der Waals surface area contributed by atoms with Gasteiger partial charge in [-0.15, -0.1) is 0 Å². The van der Waals surface area contributed by atoms with Crippen molar-refractivity contribution >= 4 is 71.3 Å². The summed E-state index contributed by atoms with van der Waals surface area (Å²) < 4.78 is 126. The summed E-state index contributed by atoms with van der Waals surface area (Å²) in [6.07, 6.45) is 0. The Morgan fingerprint density at radius 3 is 1.73 bits per heavy atom. The average molecular weight is 727 g/mol. The summed E-state index contributed by atoms with van der Waals surface area (Å²) in [7, 11) is 0. The van der Waals surface area contributed by atoms with Crippen molar-refractivity contribution in [2.24, 2.45) is 0 Å². The van der Waals surface area contributed by atoms with Crippen molar-refractivity contribution in [3.63, 3.8) is 0 Å². The molecule has 0 fully saturated rings. The Kier molecular flexibility index (Phi) is 5.04. The number of anilines is 3. The molecule has 1 heterocycles. The van der Waals surface area contributed by atoms with Gasteiger partial charge in [-0.2, -0.15) is 0 Å². The van der Waals surface area contributed by atoms with Crippen LogP contribution in [-0.4, -0.2) is 0 Å². The molecule has 0 radical (unpaired) electrons. The molecule has 56 heavy (non-hydrogen) atoms. The van der Waals surface area contributed by atoms with Crippen molar-refractivity contribution in [1.82, 2.24) is 0 Å². The van der Waals surface area contributed by atoms with Crippen molar-refractivity contribution in [3.05, 3.63) is 212 Å². The zero-order chi connectivity index (χ0) is 48.3. The van der Waals surface area contributed by atoms with Crippen LogP contribution >= 0.6 is 0 Å². The fourth-order valence-electron chi connectivity index (χ4n) is 7.45. The predicted molar refractivity (Wildman–Crippen MR) is 237 cm³/mol. The molecule has 0 N–H and O–H groups in total. The molecule has 0 bridgehead atoms. The molecule has 1 aromatic heterocycles. The van der Waals surface area contributed by atoms with Crippen molar-refractivity contribution in [2.45, 2.75) is 0 Å². The highest BCUT2D eigenvalue weighted by Gasteiger charge is 2.20. The molecule has 2 heteroatoms. The van der Waals surface area contributed by atoms with Crippen molar-refractivity contribution < 1.29 is 22.2 Å². The maximum atomic E-state index is 9.74. The minimum Gasteiger partial charge on any atom is -0.455 e. The molecule has 0 saturated carbocycles. The second-order valence-corrected chi connectivity index (χ2v) is 13.5. The van der Waals surface area contributed by atoms with Crippen molar-refractivity contribution in [1.29, 1.82) is 0 Å². The summed E-state index contributed by atoms with van der Waals surface area (Å²) in [6, 6.07) is 34.9. The van der Waals surface area contributed by atoms with Crippen LogP contribution in [0.4, 0.5) is 17.1 Å². The van der Waals surface area contributed by atoms with E-state index in [2.05, 4.69) is 0 Å². The van der Waals surface area contributed by atoms with Gasteiger partial charge in [0, 0.05) is 22.1 Å². The minimum atomic E-state index is -0.643. The summed E-state index contributed by atoms with van der Waals surface area (Å²) in [5.41, 5.74) is 2.79. The van der Waals surface area contributed by atoms with Gasteiger partial charge in [-0.3, -0.25) is 0 Å². The summed E-state index contributed by atoms with van der Waals surface area (Å²) in [5.74, 6) is 0. The zero-order valence-electron chi connectivity index (χ0n) is 42.6. The predicted octanol–water partition coefficient (Wildman–Crippen LogP) is 15.5. The van der Waals surface area contributed by atoms with Crippen LogP contribution in [0.1, 0.15) is 17.8 Å². The molecule has 0 amide bonds. The highest BCUT2D eigenvalue weighted by atomic mass is 16.3. The summed E-state index contributed by atoms with van der Waals surface area (Å²) >= 11 is 0. The molecule has 11 aromatic rings. The van der Waals surface area contributed by atoms with E-state index in [1.807, 2.05) is 97.1 Å². The molecule has 0 aliphatic rings. The van der Waals surface area contributed by atoms with Gasteiger partial charge in [-0.05, 0) is 121 Å². The van der Waals surface area contributed by atoms with Gasteiger partial charge in [0.1, 0.15) is 11.2 Å². The number of hydrogen-bond acceptors (Lipinski definition) is 2. The first-order valence-electron chi connectivity index (χ1n) is 24.6.